The van der Waals surface area contributed by atoms with Crippen LogP contribution in [0.3, 0.4) is 0 Å². The quantitative estimate of drug-likeness (QED) is 0.802. The van der Waals surface area contributed by atoms with Crippen LogP contribution in [0, 0.1) is 0 Å². The highest BCUT2D eigenvalue weighted by atomic mass is 79.9. The van der Waals surface area contributed by atoms with Crippen molar-refractivity contribution in [2.75, 3.05) is 17.6 Å². The lowest BCUT2D eigenvalue weighted by atomic mass is 9.85. The van der Waals surface area contributed by atoms with E-state index in [9.17, 15) is 5.11 Å². The van der Waals surface area contributed by atoms with Gasteiger partial charge < -0.3 is 16.2 Å². The minimum atomic E-state index is -0.598. The molecule has 1 aliphatic carbocycles. The maximum atomic E-state index is 10.3. The molecule has 0 amide bonds. The van der Waals surface area contributed by atoms with Gasteiger partial charge in [-0.25, -0.2) is 4.98 Å². The summed E-state index contributed by atoms with van der Waals surface area (Å²) in [5.41, 5.74) is 5.84. The van der Waals surface area contributed by atoms with E-state index in [0.29, 0.717) is 18.1 Å². The Hall–Kier alpha value is -0.810. The third-order valence-electron chi connectivity index (χ3n) is 3.25. The van der Waals surface area contributed by atoms with Crippen LogP contribution in [0.4, 0.5) is 11.5 Å². The van der Waals surface area contributed by atoms with Gasteiger partial charge in [-0.05, 0) is 34.8 Å². The summed E-state index contributed by atoms with van der Waals surface area (Å²) in [6.07, 6.45) is 6.83. The Morgan fingerprint density at radius 1 is 1.41 bits per heavy atom. The Morgan fingerprint density at radius 3 is 2.76 bits per heavy atom. The Labute approximate surface area is 110 Å². The summed E-state index contributed by atoms with van der Waals surface area (Å²) in [7, 11) is 0. The normalized spacial score (nSPS) is 18.9. The Morgan fingerprint density at radius 2 is 2.12 bits per heavy atom. The lowest BCUT2D eigenvalue weighted by Gasteiger charge is -2.32. The Balaban J connectivity index is 1.97. The molecule has 0 aromatic carbocycles. The van der Waals surface area contributed by atoms with E-state index in [2.05, 4.69) is 26.2 Å². The largest absolute Gasteiger partial charge is 0.396 e. The first kappa shape index (κ1) is 12.6. The van der Waals surface area contributed by atoms with Crippen molar-refractivity contribution >= 4 is 27.4 Å². The molecular formula is C12H18BrN3O. The number of halogens is 1. The van der Waals surface area contributed by atoms with Gasteiger partial charge >= 0.3 is 0 Å². The maximum absolute atomic E-state index is 10.3. The molecular weight excluding hydrogens is 282 g/mol. The Kier molecular flexibility index (Phi) is 3.89. The molecule has 1 heterocycles. The van der Waals surface area contributed by atoms with E-state index in [0.717, 1.165) is 30.2 Å². The fraction of sp³-hybridized carbons (Fsp3) is 0.583. The lowest BCUT2D eigenvalue weighted by molar-refractivity contribution is 0.0167. The van der Waals surface area contributed by atoms with Gasteiger partial charge in [0.2, 0.25) is 0 Å². The van der Waals surface area contributed by atoms with Crippen molar-refractivity contribution in [3.8, 4) is 0 Å². The molecule has 0 bridgehead atoms. The zero-order valence-corrected chi connectivity index (χ0v) is 11.3. The third-order valence-corrected chi connectivity index (χ3v) is 3.69. The number of rotatable bonds is 3. The molecule has 4 nitrogen and oxygen atoms in total. The van der Waals surface area contributed by atoms with Crippen molar-refractivity contribution in [3.63, 3.8) is 0 Å². The smallest absolute Gasteiger partial charge is 0.149 e. The number of nitrogens with two attached hydrogens (primary N) is 1. The van der Waals surface area contributed by atoms with Crippen molar-refractivity contribution in [1.29, 1.82) is 0 Å². The van der Waals surface area contributed by atoms with Crippen LogP contribution in [0.5, 0.6) is 0 Å². The molecule has 4 N–H and O–H groups in total. The van der Waals surface area contributed by atoms with Crippen LogP contribution >= 0.6 is 15.9 Å². The molecule has 0 saturated heterocycles. The van der Waals surface area contributed by atoms with Crippen molar-refractivity contribution in [2.24, 2.45) is 0 Å². The van der Waals surface area contributed by atoms with E-state index in [1.807, 2.05) is 0 Å². The molecule has 94 valence electrons. The van der Waals surface area contributed by atoms with Gasteiger partial charge in [-0.1, -0.05) is 19.3 Å². The third kappa shape index (κ3) is 3.33. The fourth-order valence-corrected chi connectivity index (χ4v) is 2.59. The molecule has 1 aromatic heterocycles. The molecule has 1 aliphatic rings. The second-order valence-corrected chi connectivity index (χ2v) is 5.65. The molecule has 0 atom stereocenters. The molecule has 1 aromatic rings. The number of nitrogens with zero attached hydrogens (tertiary/aromatic N) is 1. The number of nitrogens with one attached hydrogen (secondary N) is 1. The minimum absolute atomic E-state index is 0.520. The first-order chi connectivity index (χ1) is 8.09. The summed E-state index contributed by atoms with van der Waals surface area (Å²) < 4.78 is 0.858. The summed E-state index contributed by atoms with van der Waals surface area (Å²) in [6.45, 7) is 0.520. The highest BCUT2D eigenvalue weighted by Gasteiger charge is 2.28. The predicted octanol–water partition coefficient (Wildman–Crippen LogP) is 2.53. The maximum Gasteiger partial charge on any atom is 0.149 e. The van der Waals surface area contributed by atoms with Crippen LogP contribution in [0.2, 0.25) is 0 Å². The predicted molar refractivity (Wildman–Crippen MR) is 72.9 cm³/mol. The molecule has 2 rings (SSSR count). The van der Waals surface area contributed by atoms with Gasteiger partial charge in [-0.3, -0.25) is 0 Å². The zero-order chi connectivity index (χ0) is 12.3. The molecule has 1 fully saturated rings. The second kappa shape index (κ2) is 5.23. The molecule has 0 radical (unpaired) electrons. The van der Waals surface area contributed by atoms with E-state index in [4.69, 9.17) is 5.73 Å². The number of aliphatic hydroxyl groups is 1. The van der Waals surface area contributed by atoms with Gasteiger partial charge in [0.15, 0.2) is 0 Å². The van der Waals surface area contributed by atoms with Gasteiger partial charge in [0.05, 0.1) is 11.3 Å². The molecule has 0 spiro atoms. The van der Waals surface area contributed by atoms with E-state index in [1.165, 1.54) is 6.42 Å². The second-order valence-electron chi connectivity index (χ2n) is 4.73. The van der Waals surface area contributed by atoms with Crippen LogP contribution in [0.25, 0.3) is 0 Å². The van der Waals surface area contributed by atoms with E-state index in [1.54, 1.807) is 12.3 Å². The van der Waals surface area contributed by atoms with Gasteiger partial charge in [0.25, 0.3) is 0 Å². The average molecular weight is 300 g/mol. The number of pyridine rings is 1. The van der Waals surface area contributed by atoms with Crippen LogP contribution < -0.4 is 11.1 Å². The topological polar surface area (TPSA) is 71.2 Å². The SMILES string of the molecule is Nc1cc(Br)cnc1NCC1(O)CCCCC1. The molecule has 5 heteroatoms. The van der Waals surface area contributed by atoms with Crippen LogP contribution in [0.1, 0.15) is 32.1 Å². The minimum Gasteiger partial charge on any atom is -0.396 e. The fourth-order valence-electron chi connectivity index (χ4n) is 2.24. The number of anilines is 2. The van der Waals surface area contributed by atoms with Crippen LogP contribution in [-0.4, -0.2) is 22.2 Å². The van der Waals surface area contributed by atoms with Gasteiger partial charge in [-0.2, -0.15) is 0 Å². The van der Waals surface area contributed by atoms with E-state index >= 15 is 0 Å². The summed E-state index contributed by atoms with van der Waals surface area (Å²) in [5, 5.41) is 13.5. The van der Waals surface area contributed by atoms with E-state index in [-0.39, 0.29) is 0 Å². The number of hydrogen-bond acceptors (Lipinski definition) is 4. The molecule has 0 aliphatic heterocycles. The summed E-state index contributed by atoms with van der Waals surface area (Å²) in [4.78, 5) is 4.20. The van der Waals surface area contributed by atoms with Crippen LogP contribution in [0.15, 0.2) is 16.7 Å². The molecule has 0 unspecified atom stereocenters. The number of nitrogen functional groups attached to an aromatic ring is 1. The highest BCUT2D eigenvalue weighted by molar-refractivity contribution is 9.10. The van der Waals surface area contributed by atoms with Gasteiger partial charge in [0.1, 0.15) is 5.82 Å². The van der Waals surface area contributed by atoms with Crippen molar-refractivity contribution < 1.29 is 5.11 Å². The van der Waals surface area contributed by atoms with Crippen molar-refractivity contribution in [3.05, 3.63) is 16.7 Å². The zero-order valence-electron chi connectivity index (χ0n) is 9.75. The number of hydrogen-bond donors (Lipinski definition) is 3. The highest BCUT2D eigenvalue weighted by Crippen LogP contribution is 2.29. The van der Waals surface area contributed by atoms with Crippen LogP contribution in [-0.2, 0) is 0 Å². The first-order valence-electron chi connectivity index (χ1n) is 5.96. The first-order valence-corrected chi connectivity index (χ1v) is 6.76. The summed E-state index contributed by atoms with van der Waals surface area (Å²) >= 11 is 3.31. The van der Waals surface area contributed by atoms with Gasteiger partial charge in [-0.15, -0.1) is 0 Å². The van der Waals surface area contributed by atoms with E-state index < -0.39 is 5.60 Å². The average Bonchev–Trinajstić information content (AvgIpc) is 2.29. The molecule has 1 saturated carbocycles. The number of aromatic nitrogens is 1. The molecule has 17 heavy (non-hydrogen) atoms. The summed E-state index contributed by atoms with van der Waals surface area (Å²) in [5.74, 6) is 0.646. The summed E-state index contributed by atoms with van der Waals surface area (Å²) in [6, 6.07) is 1.81. The lowest BCUT2D eigenvalue weighted by Crippen LogP contribution is -2.39. The van der Waals surface area contributed by atoms with Crippen molar-refractivity contribution in [1.82, 2.24) is 4.98 Å². The van der Waals surface area contributed by atoms with Gasteiger partial charge in [0, 0.05) is 17.2 Å². The standard InChI is InChI=1S/C12H18BrN3O/c13-9-6-10(14)11(15-7-9)16-8-12(17)4-2-1-3-5-12/h6-7,17H,1-5,8,14H2,(H,15,16). The monoisotopic (exact) mass is 299 g/mol. The van der Waals surface area contributed by atoms with Crippen molar-refractivity contribution in [2.45, 2.75) is 37.7 Å². The Bertz CT molecular complexity index is 391.